The molecule has 2 heterocycles. The van der Waals surface area contributed by atoms with Crippen molar-refractivity contribution in [3.8, 4) is 0 Å². The highest BCUT2D eigenvalue weighted by molar-refractivity contribution is 14.3. The summed E-state index contributed by atoms with van der Waals surface area (Å²) in [6.45, 7) is 8.15. The molecule has 0 spiro atoms. The third-order valence-corrected chi connectivity index (χ3v) is 9.09. The normalized spacial score (nSPS) is 19.9. The van der Waals surface area contributed by atoms with Crippen molar-refractivity contribution in [3.05, 3.63) is 30.2 Å². The average Bonchev–Trinajstić information content (AvgIpc) is 2.84. The predicted octanol–water partition coefficient (Wildman–Crippen LogP) is 5.67. The Morgan fingerprint density at radius 3 is 2.35 bits per heavy atom. The van der Waals surface area contributed by atoms with E-state index in [2.05, 4.69) is 44.1 Å². The van der Waals surface area contributed by atoms with Gasteiger partial charge in [0.15, 0.2) is 0 Å². The second-order valence-electron chi connectivity index (χ2n) is 6.44. The van der Waals surface area contributed by atoms with Crippen molar-refractivity contribution < 1.29 is 13.7 Å². The van der Waals surface area contributed by atoms with E-state index in [9.17, 15) is 4.39 Å². The molecule has 9 heteroatoms. The first-order valence-electron chi connectivity index (χ1n) is 7.07. The zero-order chi connectivity index (χ0) is 17.0. The zero-order valence-electron chi connectivity index (χ0n) is 13.1. The highest BCUT2D eigenvalue weighted by Gasteiger charge is 2.52. The highest BCUT2D eigenvalue weighted by Crippen LogP contribution is 2.65. The number of aromatic nitrogens is 1. The Hall–Kier alpha value is 0.915. The Balaban J connectivity index is 2.08. The molecule has 1 aromatic heterocycles. The van der Waals surface area contributed by atoms with Crippen molar-refractivity contribution in [2.45, 2.75) is 38.9 Å². The molecule has 1 saturated heterocycles. The van der Waals surface area contributed by atoms with Crippen molar-refractivity contribution in [2.75, 3.05) is 0 Å². The number of hydrogen-bond acceptors (Lipinski definition) is 3. The number of fused-ring (bicyclic) bond motifs is 1. The van der Waals surface area contributed by atoms with Crippen molar-refractivity contribution in [3.63, 3.8) is 0 Å². The maximum Gasteiger partial charge on any atom is 0.497 e. The molecule has 0 unspecified atom stereocenters. The Morgan fingerprint density at radius 2 is 1.78 bits per heavy atom. The molecular weight excluding hydrogens is 561 g/mol. The summed E-state index contributed by atoms with van der Waals surface area (Å²) >= 11 is 6.48. The molecule has 0 N–H and O–H groups in total. The van der Waals surface area contributed by atoms with Crippen LogP contribution in [0.3, 0.4) is 0 Å². The van der Waals surface area contributed by atoms with E-state index in [1.165, 1.54) is 6.07 Å². The maximum atomic E-state index is 13.7. The molecule has 0 aliphatic carbocycles. The topological polar surface area (TPSA) is 23.4 Å². The van der Waals surface area contributed by atoms with Crippen LogP contribution in [0.4, 0.5) is 4.39 Å². The Bertz CT molecular complexity index is 740. The minimum Gasteiger partial charge on any atom is -0.399 e. The van der Waals surface area contributed by atoms with Crippen molar-refractivity contribution in [2.24, 2.45) is 0 Å². The van der Waals surface area contributed by atoms with Gasteiger partial charge in [-0.15, -0.1) is 0 Å². The van der Waals surface area contributed by atoms with Crippen LogP contribution in [0.2, 0.25) is 0 Å². The Morgan fingerprint density at radius 1 is 1.17 bits per heavy atom. The smallest absolute Gasteiger partial charge is 0.399 e. The lowest BCUT2D eigenvalue weighted by Gasteiger charge is -2.32. The minimum absolute atomic E-state index is 0.232. The molecule has 2 aromatic rings. The first-order chi connectivity index (χ1) is 10.6. The number of hydrogen-bond donors (Lipinski definition) is 0. The SMILES string of the molecule is CC1(C)OB(c2cn(SP(I)I)c3cc(F)ccc23)OC1(C)C. The van der Waals surface area contributed by atoms with Crippen LogP contribution in [0.1, 0.15) is 27.7 Å². The third kappa shape index (κ3) is 3.58. The molecule has 0 atom stereocenters. The van der Waals surface area contributed by atoms with Gasteiger partial charge in [-0.1, -0.05) is 6.07 Å². The first kappa shape index (κ1) is 18.7. The van der Waals surface area contributed by atoms with E-state index in [0.29, 0.717) is 0 Å². The lowest BCUT2D eigenvalue weighted by atomic mass is 9.79. The summed E-state index contributed by atoms with van der Waals surface area (Å²) in [5, 5.41) is 0.974. The monoisotopic (exact) mass is 577 g/mol. The van der Waals surface area contributed by atoms with Gasteiger partial charge in [0, 0.05) is 28.6 Å². The van der Waals surface area contributed by atoms with E-state index in [4.69, 9.17) is 9.31 Å². The predicted molar refractivity (Wildman–Crippen MR) is 116 cm³/mol. The molecule has 0 saturated carbocycles. The molecule has 23 heavy (non-hydrogen) atoms. The third-order valence-electron chi connectivity index (χ3n) is 4.42. The highest BCUT2D eigenvalue weighted by atomic mass is 127. The van der Waals surface area contributed by atoms with Gasteiger partial charge in [-0.2, -0.15) is 0 Å². The van der Waals surface area contributed by atoms with E-state index in [1.54, 1.807) is 17.6 Å². The Kier molecular flexibility index (Phi) is 5.34. The first-order valence-corrected chi connectivity index (χ1v) is 15.4. The van der Waals surface area contributed by atoms with Gasteiger partial charge in [0.1, 0.15) is 8.23 Å². The fraction of sp³-hybridized carbons (Fsp3) is 0.429. The quantitative estimate of drug-likeness (QED) is 0.267. The summed E-state index contributed by atoms with van der Waals surface area (Å²) in [6, 6.07) is 4.87. The van der Waals surface area contributed by atoms with Gasteiger partial charge >= 0.3 is 7.12 Å². The standard InChI is InChI=1S/C14H16BFI2NO2PS/c1-13(2)14(3,4)21-15(20-13)11-8-19(23-22(17)18)12-7-9(16)5-6-10(11)12/h5-8H,1-4H3. The summed E-state index contributed by atoms with van der Waals surface area (Å²) in [4.78, 5) is 0. The van der Waals surface area contributed by atoms with Gasteiger partial charge < -0.3 is 9.31 Å². The molecule has 1 aliphatic rings. The number of rotatable bonds is 3. The largest absolute Gasteiger partial charge is 0.497 e. The van der Waals surface area contributed by atoms with Crippen LogP contribution in [0.25, 0.3) is 10.9 Å². The number of halogens is 3. The van der Waals surface area contributed by atoms with Gasteiger partial charge in [0.05, 0.1) is 16.7 Å². The molecule has 3 nitrogen and oxygen atoms in total. The Labute approximate surface area is 167 Å². The van der Waals surface area contributed by atoms with Crippen LogP contribution in [0, 0.1) is 5.82 Å². The van der Waals surface area contributed by atoms with E-state index in [1.807, 2.05) is 43.9 Å². The van der Waals surface area contributed by atoms with E-state index in [-0.39, 0.29) is 8.23 Å². The fourth-order valence-electron chi connectivity index (χ4n) is 2.49. The van der Waals surface area contributed by atoms with Crippen LogP contribution in [-0.4, -0.2) is 22.3 Å². The van der Waals surface area contributed by atoms with Gasteiger partial charge in [-0.3, -0.25) is 3.97 Å². The molecule has 1 fully saturated rings. The van der Waals surface area contributed by atoms with E-state index >= 15 is 0 Å². The van der Waals surface area contributed by atoms with Crippen molar-refractivity contribution in [1.29, 1.82) is 0 Å². The molecule has 0 bridgehead atoms. The molecule has 0 radical (unpaired) electrons. The minimum atomic E-state index is -0.440. The zero-order valence-corrected chi connectivity index (χ0v) is 19.2. The molecule has 0 amide bonds. The van der Waals surface area contributed by atoms with Gasteiger partial charge in [0.2, 0.25) is 0 Å². The van der Waals surface area contributed by atoms with Gasteiger partial charge in [-0.25, -0.2) is 4.39 Å². The van der Waals surface area contributed by atoms with Crippen LogP contribution in [0.15, 0.2) is 24.4 Å². The van der Waals surface area contributed by atoms with Gasteiger partial charge in [-0.05, 0) is 83.9 Å². The van der Waals surface area contributed by atoms with E-state index < -0.39 is 18.3 Å². The molecule has 124 valence electrons. The molecule has 3 rings (SSSR count). The summed E-state index contributed by atoms with van der Waals surface area (Å²) in [5.74, 6) is -0.232. The van der Waals surface area contributed by atoms with Crippen LogP contribution in [0.5, 0.6) is 0 Å². The number of benzene rings is 1. The van der Waals surface area contributed by atoms with Crippen molar-refractivity contribution in [1.82, 2.24) is 3.97 Å². The second kappa shape index (κ2) is 6.57. The van der Waals surface area contributed by atoms with Crippen LogP contribution >= 0.6 is 58.1 Å². The van der Waals surface area contributed by atoms with Crippen LogP contribution in [-0.2, 0) is 9.31 Å². The lowest BCUT2D eigenvalue weighted by Crippen LogP contribution is -2.41. The maximum absolute atomic E-state index is 13.7. The van der Waals surface area contributed by atoms with Crippen molar-refractivity contribution >= 4 is 81.5 Å². The fourth-order valence-corrected chi connectivity index (χ4v) is 7.24. The molecule has 1 aliphatic heterocycles. The second-order valence-corrected chi connectivity index (χ2v) is 24.2. The average molecular weight is 577 g/mol. The number of nitrogens with zero attached hydrogens (tertiary/aromatic N) is 1. The molecule has 1 aromatic carbocycles. The molecular formula is C14H16BFI2NO2PS. The summed E-state index contributed by atoms with van der Waals surface area (Å²) in [6.07, 6.45) is 2.02. The summed E-state index contributed by atoms with van der Waals surface area (Å²) < 4.78 is 27.8. The van der Waals surface area contributed by atoms with Gasteiger partial charge in [0.25, 0.3) is 0 Å². The summed E-state index contributed by atoms with van der Waals surface area (Å²) in [5.41, 5.74) is 1.04. The lowest BCUT2D eigenvalue weighted by molar-refractivity contribution is 0.00578. The summed E-state index contributed by atoms with van der Waals surface area (Å²) in [7, 11) is -0.440. The van der Waals surface area contributed by atoms with E-state index in [0.717, 1.165) is 16.4 Å². The van der Waals surface area contributed by atoms with Crippen LogP contribution < -0.4 is 5.46 Å².